The zero-order valence-corrected chi connectivity index (χ0v) is 16.6. The maximum atomic E-state index is 11.7. The molecule has 25 heavy (non-hydrogen) atoms. The van der Waals surface area contributed by atoms with E-state index in [1.54, 1.807) is 26.3 Å². The van der Waals surface area contributed by atoms with E-state index in [9.17, 15) is 4.79 Å². The van der Waals surface area contributed by atoms with E-state index in [1.165, 1.54) is 6.26 Å². The quantitative estimate of drug-likeness (QED) is 0.256. The van der Waals surface area contributed by atoms with Crippen molar-refractivity contribution in [1.82, 2.24) is 16.0 Å². The average molecular weight is 458 g/mol. The van der Waals surface area contributed by atoms with Gasteiger partial charge in [0.25, 0.3) is 5.91 Å². The summed E-state index contributed by atoms with van der Waals surface area (Å²) >= 11 is 0. The first-order chi connectivity index (χ1) is 11.7. The van der Waals surface area contributed by atoms with E-state index < -0.39 is 0 Å². The highest BCUT2D eigenvalue weighted by Crippen LogP contribution is 2.10. The van der Waals surface area contributed by atoms with E-state index in [4.69, 9.17) is 9.15 Å². The molecule has 1 aromatic heterocycles. The summed E-state index contributed by atoms with van der Waals surface area (Å²) in [4.78, 5) is 15.8. The van der Waals surface area contributed by atoms with Crippen molar-refractivity contribution in [3.63, 3.8) is 0 Å². The van der Waals surface area contributed by atoms with Crippen molar-refractivity contribution in [1.29, 1.82) is 0 Å². The Kier molecular flexibility index (Phi) is 9.45. The number of rotatable bonds is 7. The van der Waals surface area contributed by atoms with Gasteiger partial charge in [-0.15, -0.1) is 24.0 Å². The van der Waals surface area contributed by atoms with Crippen LogP contribution in [-0.4, -0.2) is 39.1 Å². The van der Waals surface area contributed by atoms with Gasteiger partial charge >= 0.3 is 0 Å². The molecule has 0 saturated carbocycles. The largest absolute Gasteiger partial charge is 0.497 e. The van der Waals surface area contributed by atoms with Gasteiger partial charge in [-0.05, 0) is 29.8 Å². The number of guanidine groups is 1. The first kappa shape index (κ1) is 20.8. The molecule has 136 valence electrons. The number of benzene rings is 1. The Balaban J connectivity index is 0.00000312. The second-order valence-electron chi connectivity index (χ2n) is 4.93. The van der Waals surface area contributed by atoms with E-state index in [1.807, 2.05) is 24.3 Å². The van der Waals surface area contributed by atoms with Gasteiger partial charge in [0.15, 0.2) is 11.7 Å². The minimum atomic E-state index is -0.233. The molecular formula is C17H23IN4O3. The van der Waals surface area contributed by atoms with Gasteiger partial charge in [0.05, 0.1) is 13.4 Å². The number of nitrogens with one attached hydrogen (secondary N) is 3. The van der Waals surface area contributed by atoms with Crippen molar-refractivity contribution in [3.05, 3.63) is 54.0 Å². The molecule has 0 saturated heterocycles. The van der Waals surface area contributed by atoms with E-state index >= 15 is 0 Å². The third kappa shape index (κ3) is 7.04. The number of hydrogen-bond donors (Lipinski definition) is 3. The van der Waals surface area contributed by atoms with Gasteiger partial charge in [0.1, 0.15) is 5.75 Å². The topological polar surface area (TPSA) is 87.9 Å². The van der Waals surface area contributed by atoms with Crippen LogP contribution in [0.25, 0.3) is 0 Å². The molecule has 0 aliphatic heterocycles. The summed E-state index contributed by atoms with van der Waals surface area (Å²) in [5, 5.41) is 9.10. The monoisotopic (exact) mass is 458 g/mol. The summed E-state index contributed by atoms with van der Waals surface area (Å²) < 4.78 is 10.2. The number of ether oxygens (including phenoxy) is 1. The third-order valence-electron chi connectivity index (χ3n) is 3.29. The Morgan fingerprint density at radius 1 is 1.12 bits per heavy atom. The summed E-state index contributed by atoms with van der Waals surface area (Å²) in [5.41, 5.74) is 1.12. The molecule has 0 radical (unpaired) electrons. The van der Waals surface area contributed by atoms with Crippen LogP contribution in [0, 0.1) is 0 Å². The number of halogens is 1. The molecule has 0 aliphatic carbocycles. The predicted octanol–water partition coefficient (Wildman–Crippen LogP) is 2.00. The van der Waals surface area contributed by atoms with Crippen molar-refractivity contribution in [2.24, 2.45) is 4.99 Å². The Morgan fingerprint density at radius 3 is 2.44 bits per heavy atom. The Morgan fingerprint density at radius 2 is 1.84 bits per heavy atom. The van der Waals surface area contributed by atoms with Crippen LogP contribution in [-0.2, 0) is 6.54 Å². The fourth-order valence-electron chi connectivity index (χ4n) is 2.00. The molecule has 7 nitrogen and oxygen atoms in total. The van der Waals surface area contributed by atoms with Crippen LogP contribution < -0.4 is 20.7 Å². The molecule has 0 bridgehead atoms. The Bertz CT molecular complexity index is 657. The lowest BCUT2D eigenvalue weighted by atomic mass is 10.2. The van der Waals surface area contributed by atoms with Crippen LogP contribution in [0.1, 0.15) is 16.1 Å². The van der Waals surface area contributed by atoms with E-state index in [0.717, 1.165) is 11.3 Å². The van der Waals surface area contributed by atoms with Crippen molar-refractivity contribution >= 4 is 35.8 Å². The first-order valence-corrected chi connectivity index (χ1v) is 7.62. The van der Waals surface area contributed by atoms with E-state index in [-0.39, 0.29) is 29.9 Å². The fourth-order valence-corrected chi connectivity index (χ4v) is 2.00. The molecule has 8 heteroatoms. The molecule has 1 amide bonds. The number of carbonyl (C=O) groups is 1. The minimum absolute atomic E-state index is 0. The van der Waals surface area contributed by atoms with E-state index in [2.05, 4.69) is 20.9 Å². The summed E-state index contributed by atoms with van der Waals surface area (Å²) in [7, 11) is 3.34. The van der Waals surface area contributed by atoms with Gasteiger partial charge < -0.3 is 25.1 Å². The molecule has 0 atom stereocenters. The number of aliphatic imine (C=N–C) groups is 1. The van der Waals surface area contributed by atoms with E-state index in [0.29, 0.717) is 31.4 Å². The summed E-state index contributed by atoms with van der Waals surface area (Å²) in [5.74, 6) is 1.56. The van der Waals surface area contributed by atoms with Crippen molar-refractivity contribution in [2.45, 2.75) is 6.54 Å². The second kappa shape index (κ2) is 11.3. The number of furan rings is 1. The smallest absolute Gasteiger partial charge is 0.287 e. The minimum Gasteiger partial charge on any atom is -0.497 e. The molecule has 0 spiro atoms. The highest BCUT2D eigenvalue weighted by molar-refractivity contribution is 14.0. The molecule has 0 fully saturated rings. The molecule has 2 rings (SSSR count). The van der Waals surface area contributed by atoms with Gasteiger partial charge in [-0.25, -0.2) is 0 Å². The standard InChI is InChI=1S/C17H22N4O3.HI/c1-18-17(21-12-13-5-7-14(23-2)8-6-13)20-10-9-19-16(22)15-4-3-11-24-15;/h3-8,11H,9-10,12H2,1-2H3,(H,19,22)(H2,18,20,21);1H. The molecular weight excluding hydrogens is 435 g/mol. The summed E-state index contributed by atoms with van der Waals surface area (Å²) in [6, 6.07) is 11.1. The zero-order valence-electron chi connectivity index (χ0n) is 14.2. The van der Waals surface area contributed by atoms with Crippen LogP contribution in [0.5, 0.6) is 5.75 Å². The second-order valence-corrected chi connectivity index (χ2v) is 4.93. The fraction of sp³-hybridized carbons (Fsp3) is 0.294. The molecule has 1 heterocycles. The number of nitrogens with zero attached hydrogens (tertiary/aromatic N) is 1. The van der Waals surface area contributed by atoms with Gasteiger partial charge in [-0.2, -0.15) is 0 Å². The van der Waals surface area contributed by atoms with Crippen molar-refractivity contribution in [3.8, 4) is 5.75 Å². The zero-order chi connectivity index (χ0) is 17.2. The van der Waals surface area contributed by atoms with Gasteiger partial charge in [0, 0.05) is 26.7 Å². The number of methoxy groups -OCH3 is 1. The number of amides is 1. The lowest BCUT2D eigenvalue weighted by Gasteiger charge is -2.12. The van der Waals surface area contributed by atoms with Gasteiger partial charge in [0.2, 0.25) is 0 Å². The lowest BCUT2D eigenvalue weighted by Crippen LogP contribution is -2.41. The van der Waals surface area contributed by atoms with Crippen LogP contribution in [0.15, 0.2) is 52.1 Å². The Labute approximate surface area is 164 Å². The van der Waals surface area contributed by atoms with Crippen molar-refractivity contribution in [2.75, 3.05) is 27.2 Å². The SMILES string of the molecule is CN=C(NCCNC(=O)c1ccco1)NCc1ccc(OC)cc1.I. The Hall–Kier alpha value is -2.23. The van der Waals surface area contributed by atoms with Crippen LogP contribution in [0.2, 0.25) is 0 Å². The first-order valence-electron chi connectivity index (χ1n) is 7.62. The number of hydrogen-bond acceptors (Lipinski definition) is 4. The highest BCUT2D eigenvalue weighted by atomic mass is 127. The predicted molar refractivity (Wildman–Crippen MR) is 108 cm³/mol. The van der Waals surface area contributed by atoms with Crippen LogP contribution in [0.4, 0.5) is 0 Å². The summed E-state index contributed by atoms with van der Waals surface area (Å²) in [6.07, 6.45) is 1.47. The third-order valence-corrected chi connectivity index (χ3v) is 3.29. The van der Waals surface area contributed by atoms with Crippen LogP contribution >= 0.6 is 24.0 Å². The molecule has 3 N–H and O–H groups in total. The van der Waals surface area contributed by atoms with Gasteiger partial charge in [-0.1, -0.05) is 12.1 Å². The average Bonchev–Trinajstić information content (AvgIpc) is 3.16. The molecule has 2 aromatic rings. The van der Waals surface area contributed by atoms with Crippen LogP contribution in [0.3, 0.4) is 0 Å². The highest BCUT2D eigenvalue weighted by Gasteiger charge is 2.06. The lowest BCUT2D eigenvalue weighted by molar-refractivity contribution is 0.0926. The normalized spacial score (nSPS) is 10.6. The maximum absolute atomic E-state index is 11.7. The van der Waals surface area contributed by atoms with Gasteiger partial charge in [-0.3, -0.25) is 9.79 Å². The summed E-state index contributed by atoms with van der Waals surface area (Å²) in [6.45, 7) is 1.65. The van der Waals surface area contributed by atoms with Crippen molar-refractivity contribution < 1.29 is 13.9 Å². The number of carbonyl (C=O) groups excluding carboxylic acids is 1. The molecule has 0 unspecified atom stereocenters. The maximum Gasteiger partial charge on any atom is 0.287 e. The molecule has 0 aliphatic rings. The molecule has 1 aromatic carbocycles.